The van der Waals surface area contributed by atoms with E-state index in [2.05, 4.69) is 10.6 Å². The zero-order valence-corrected chi connectivity index (χ0v) is 15.3. The average molecular weight is 361 g/mol. The summed E-state index contributed by atoms with van der Waals surface area (Å²) in [6, 6.07) is 10.9. The van der Waals surface area contributed by atoms with Crippen LogP contribution < -0.4 is 10.6 Å². The molecule has 2 aromatic carbocycles. The number of anilines is 1. The lowest BCUT2D eigenvalue weighted by Gasteiger charge is -2.31. The number of nitrogens with one attached hydrogen (secondary N) is 2. The van der Waals surface area contributed by atoms with Crippen molar-refractivity contribution >= 4 is 32.4 Å². The molecule has 1 heterocycles. The maximum Gasteiger partial charge on any atom is 0.243 e. The molecule has 7 heteroatoms. The van der Waals surface area contributed by atoms with Gasteiger partial charge in [0, 0.05) is 42.5 Å². The van der Waals surface area contributed by atoms with Crippen LogP contribution in [-0.4, -0.2) is 44.8 Å². The second-order valence-corrected chi connectivity index (χ2v) is 8.21. The monoisotopic (exact) mass is 361 g/mol. The number of nitrogens with zero attached hydrogens (tertiary/aromatic N) is 1. The predicted octanol–water partition coefficient (Wildman–Crippen LogP) is 2.17. The molecule has 1 aliphatic heterocycles. The fourth-order valence-electron chi connectivity index (χ4n) is 3.32. The van der Waals surface area contributed by atoms with Crippen LogP contribution in [0.25, 0.3) is 10.8 Å². The highest BCUT2D eigenvalue weighted by Gasteiger charge is 2.30. The summed E-state index contributed by atoms with van der Waals surface area (Å²) in [5.41, 5.74) is 0.621. The maximum absolute atomic E-state index is 13.1. The molecule has 25 heavy (non-hydrogen) atoms. The number of hydrogen-bond donors (Lipinski definition) is 2. The molecule has 1 amide bonds. The van der Waals surface area contributed by atoms with Crippen LogP contribution in [0.5, 0.6) is 0 Å². The number of sulfonamides is 1. The lowest BCUT2D eigenvalue weighted by molar-refractivity contribution is -0.114. The van der Waals surface area contributed by atoms with Crippen molar-refractivity contribution in [2.75, 3.05) is 25.5 Å². The molecule has 0 radical (unpaired) electrons. The number of fused-ring (bicyclic) bond motifs is 1. The van der Waals surface area contributed by atoms with Gasteiger partial charge in [-0.2, -0.15) is 4.31 Å². The van der Waals surface area contributed by atoms with E-state index in [0.29, 0.717) is 35.1 Å². The summed E-state index contributed by atoms with van der Waals surface area (Å²) in [5.74, 6) is -0.185. The minimum atomic E-state index is -3.57. The van der Waals surface area contributed by atoms with Gasteiger partial charge in [0.2, 0.25) is 15.9 Å². The van der Waals surface area contributed by atoms with E-state index >= 15 is 0 Å². The van der Waals surface area contributed by atoms with Gasteiger partial charge in [-0.25, -0.2) is 8.42 Å². The number of benzene rings is 2. The van der Waals surface area contributed by atoms with Gasteiger partial charge >= 0.3 is 0 Å². The van der Waals surface area contributed by atoms with Crippen molar-refractivity contribution in [2.24, 2.45) is 0 Å². The summed E-state index contributed by atoms with van der Waals surface area (Å²) < 4.78 is 27.9. The first kappa shape index (κ1) is 17.8. The lowest BCUT2D eigenvalue weighted by atomic mass is 10.1. The Labute approximate surface area is 148 Å². The normalized spacial score (nSPS) is 16.9. The van der Waals surface area contributed by atoms with Gasteiger partial charge in [0.1, 0.15) is 0 Å². The van der Waals surface area contributed by atoms with Crippen molar-refractivity contribution in [3.8, 4) is 0 Å². The molecule has 6 nitrogen and oxygen atoms in total. The van der Waals surface area contributed by atoms with Crippen LogP contribution in [0.2, 0.25) is 0 Å². The van der Waals surface area contributed by atoms with Gasteiger partial charge in [-0.1, -0.05) is 24.3 Å². The number of piperidine rings is 1. The van der Waals surface area contributed by atoms with Crippen LogP contribution in [0.1, 0.15) is 19.8 Å². The molecule has 1 fully saturated rings. The third-order valence-corrected chi connectivity index (χ3v) is 6.63. The highest BCUT2D eigenvalue weighted by molar-refractivity contribution is 7.89. The Morgan fingerprint density at radius 2 is 1.72 bits per heavy atom. The van der Waals surface area contributed by atoms with E-state index in [9.17, 15) is 13.2 Å². The third-order valence-electron chi connectivity index (χ3n) is 4.67. The molecule has 2 N–H and O–H groups in total. The summed E-state index contributed by atoms with van der Waals surface area (Å²) in [7, 11) is -1.67. The summed E-state index contributed by atoms with van der Waals surface area (Å²) in [4.78, 5) is 11.7. The van der Waals surface area contributed by atoms with Crippen molar-refractivity contribution < 1.29 is 13.2 Å². The van der Waals surface area contributed by atoms with Gasteiger partial charge < -0.3 is 10.6 Å². The molecule has 0 atom stereocenters. The minimum absolute atomic E-state index is 0.185. The smallest absolute Gasteiger partial charge is 0.243 e. The number of carbonyl (C=O) groups is 1. The third kappa shape index (κ3) is 3.53. The second kappa shape index (κ2) is 7.11. The number of rotatable bonds is 4. The van der Waals surface area contributed by atoms with Gasteiger partial charge in [0.15, 0.2) is 0 Å². The van der Waals surface area contributed by atoms with Gasteiger partial charge in [0.25, 0.3) is 0 Å². The van der Waals surface area contributed by atoms with Crippen molar-refractivity contribution in [1.82, 2.24) is 9.62 Å². The molecule has 0 bridgehead atoms. The van der Waals surface area contributed by atoms with Crippen LogP contribution in [0.4, 0.5) is 5.69 Å². The first-order valence-electron chi connectivity index (χ1n) is 8.40. The van der Waals surface area contributed by atoms with Crippen LogP contribution in [0.15, 0.2) is 41.3 Å². The van der Waals surface area contributed by atoms with Gasteiger partial charge in [-0.15, -0.1) is 0 Å². The standard InChI is InChI=1S/C18H23N3O3S/c1-13(22)20-17-7-8-18(16-6-4-3-5-15(16)17)25(23,24)21-11-9-14(19-2)10-12-21/h3-8,14,19H,9-12H2,1-2H3,(H,20,22). The molecule has 134 valence electrons. The summed E-state index contributed by atoms with van der Waals surface area (Å²) in [6.07, 6.45) is 1.61. The highest BCUT2D eigenvalue weighted by Crippen LogP contribution is 2.32. The van der Waals surface area contributed by atoms with E-state index in [1.54, 1.807) is 22.5 Å². The molecule has 0 aliphatic carbocycles. The number of hydrogen-bond acceptors (Lipinski definition) is 4. The van der Waals surface area contributed by atoms with E-state index < -0.39 is 10.0 Å². The van der Waals surface area contributed by atoms with E-state index in [-0.39, 0.29) is 5.91 Å². The fourth-order valence-corrected chi connectivity index (χ4v) is 4.98. The molecular formula is C18H23N3O3S. The van der Waals surface area contributed by atoms with Crippen molar-refractivity contribution in [1.29, 1.82) is 0 Å². The Kier molecular flexibility index (Phi) is 5.08. The molecule has 0 aromatic heterocycles. The van der Waals surface area contributed by atoms with Crippen LogP contribution in [-0.2, 0) is 14.8 Å². The Morgan fingerprint density at radius 1 is 1.08 bits per heavy atom. The van der Waals surface area contributed by atoms with Crippen molar-refractivity contribution in [2.45, 2.75) is 30.7 Å². The zero-order chi connectivity index (χ0) is 18.0. The largest absolute Gasteiger partial charge is 0.326 e. The summed E-state index contributed by atoms with van der Waals surface area (Å²) in [5, 5.41) is 7.33. The molecule has 0 unspecified atom stereocenters. The van der Waals surface area contributed by atoms with Crippen molar-refractivity contribution in [3.05, 3.63) is 36.4 Å². The Balaban J connectivity index is 2.02. The molecule has 0 saturated carbocycles. The predicted molar refractivity (Wildman–Crippen MR) is 99.1 cm³/mol. The fraction of sp³-hybridized carbons (Fsp3) is 0.389. The van der Waals surface area contributed by atoms with Gasteiger partial charge in [-0.05, 0) is 32.0 Å². The topological polar surface area (TPSA) is 78.5 Å². The summed E-state index contributed by atoms with van der Waals surface area (Å²) in [6.45, 7) is 2.45. The molecule has 1 saturated heterocycles. The zero-order valence-electron chi connectivity index (χ0n) is 14.5. The summed E-state index contributed by atoms with van der Waals surface area (Å²) >= 11 is 0. The first-order chi connectivity index (χ1) is 11.9. The lowest BCUT2D eigenvalue weighted by Crippen LogP contribution is -2.43. The van der Waals surface area contributed by atoms with Gasteiger partial charge in [0.05, 0.1) is 4.90 Å². The molecule has 2 aromatic rings. The highest BCUT2D eigenvalue weighted by atomic mass is 32.2. The van der Waals surface area contributed by atoms with Gasteiger partial charge in [-0.3, -0.25) is 4.79 Å². The Bertz CT molecular complexity index is 888. The second-order valence-electron chi connectivity index (χ2n) is 6.31. The number of carbonyl (C=O) groups excluding carboxylic acids is 1. The maximum atomic E-state index is 13.1. The molecular weight excluding hydrogens is 338 g/mol. The van der Waals surface area contributed by atoms with E-state index in [0.717, 1.165) is 18.2 Å². The van der Waals surface area contributed by atoms with E-state index in [1.807, 2.05) is 25.2 Å². The minimum Gasteiger partial charge on any atom is -0.326 e. The molecule has 3 rings (SSSR count). The average Bonchev–Trinajstić information content (AvgIpc) is 2.61. The molecule has 0 spiro atoms. The van der Waals surface area contributed by atoms with E-state index in [1.165, 1.54) is 6.92 Å². The Hall–Kier alpha value is -1.96. The van der Waals surface area contributed by atoms with E-state index in [4.69, 9.17) is 0 Å². The van der Waals surface area contributed by atoms with Crippen LogP contribution in [0, 0.1) is 0 Å². The first-order valence-corrected chi connectivity index (χ1v) is 9.84. The quantitative estimate of drug-likeness (QED) is 0.875. The van der Waals surface area contributed by atoms with Crippen molar-refractivity contribution in [3.63, 3.8) is 0 Å². The SMILES string of the molecule is CNC1CCN(S(=O)(=O)c2ccc(NC(C)=O)c3ccccc23)CC1. The Morgan fingerprint density at radius 3 is 2.32 bits per heavy atom. The van der Waals surface area contributed by atoms with Crippen LogP contribution in [0.3, 0.4) is 0 Å². The molecule has 1 aliphatic rings. The van der Waals surface area contributed by atoms with Crippen LogP contribution >= 0.6 is 0 Å². The number of amides is 1.